The third-order valence-electron chi connectivity index (χ3n) is 1.27. The largest absolute Gasteiger partial charge is 0.510 e. The summed E-state index contributed by atoms with van der Waals surface area (Å²) in [6.45, 7) is 3.23. The lowest BCUT2D eigenvalue weighted by atomic mass is 10.1. The van der Waals surface area contributed by atoms with Crippen molar-refractivity contribution in [3.05, 3.63) is 11.3 Å². The first-order chi connectivity index (χ1) is 6.04. The Hall–Kier alpha value is -1.03. The molecular formula is C8H12ClNO3. The van der Waals surface area contributed by atoms with Crippen molar-refractivity contribution in [3.8, 4) is 0 Å². The molecule has 0 atom stereocenters. The van der Waals surface area contributed by atoms with Gasteiger partial charge in [0.15, 0.2) is 0 Å². The average Bonchev–Trinajstić information content (AvgIpc) is 2.04. The fraction of sp³-hybridized carbons (Fsp3) is 0.500. The van der Waals surface area contributed by atoms with Crippen LogP contribution in [0, 0.1) is 5.41 Å². The molecule has 0 heterocycles. The molecule has 0 aliphatic carbocycles. The number of hydrogen-bond donors (Lipinski definition) is 2. The zero-order valence-corrected chi connectivity index (χ0v) is 8.31. The summed E-state index contributed by atoms with van der Waals surface area (Å²) in [5, 5.41) is 16.4. The summed E-state index contributed by atoms with van der Waals surface area (Å²) >= 11 is 5.32. The van der Waals surface area contributed by atoms with E-state index >= 15 is 0 Å². The van der Waals surface area contributed by atoms with Crippen LogP contribution in [0.25, 0.3) is 0 Å². The molecule has 0 aromatic rings. The number of aliphatic hydroxyl groups excluding tert-OH is 1. The Kier molecular flexibility index (Phi) is 5.14. The third-order valence-corrected chi connectivity index (χ3v) is 1.52. The van der Waals surface area contributed by atoms with Gasteiger partial charge in [-0.3, -0.25) is 0 Å². The van der Waals surface area contributed by atoms with E-state index < -0.39 is 5.97 Å². The predicted molar refractivity (Wildman–Crippen MR) is 50.4 cm³/mol. The molecular weight excluding hydrogens is 194 g/mol. The number of nitrogens with one attached hydrogen (secondary N) is 1. The van der Waals surface area contributed by atoms with Crippen LogP contribution in [0.4, 0.5) is 0 Å². The van der Waals surface area contributed by atoms with Gasteiger partial charge in [-0.25, -0.2) is 4.79 Å². The second-order valence-corrected chi connectivity index (χ2v) is 2.57. The second-order valence-electron chi connectivity index (χ2n) is 2.30. The molecule has 0 radical (unpaired) electrons. The maximum atomic E-state index is 11.1. The molecule has 0 fully saturated rings. The molecule has 0 aliphatic heterocycles. The summed E-state index contributed by atoms with van der Waals surface area (Å²) in [5.74, 6) is -1.24. The van der Waals surface area contributed by atoms with Gasteiger partial charge in [0.25, 0.3) is 0 Å². The molecule has 5 heteroatoms. The molecule has 0 amide bonds. The topological polar surface area (TPSA) is 70.4 Å². The number of carbonyl (C=O) groups excluding carboxylic acids is 1. The standard InChI is InChI=1S/C8H12ClNO3/c1-3-13-8(12)7(5(2)10)6(11)4-9/h10-11H,3-4H2,1-2H3/b7-6+,10-5?. The van der Waals surface area contributed by atoms with E-state index in [1.54, 1.807) is 6.92 Å². The number of alkyl halides is 1. The highest BCUT2D eigenvalue weighted by Crippen LogP contribution is 2.07. The minimum Gasteiger partial charge on any atom is -0.510 e. The number of aliphatic hydroxyl groups is 1. The molecule has 0 aromatic heterocycles. The van der Waals surface area contributed by atoms with Gasteiger partial charge in [0, 0.05) is 5.71 Å². The van der Waals surface area contributed by atoms with Crippen molar-refractivity contribution in [2.45, 2.75) is 13.8 Å². The van der Waals surface area contributed by atoms with Gasteiger partial charge in [-0.2, -0.15) is 0 Å². The number of carbonyl (C=O) groups is 1. The van der Waals surface area contributed by atoms with E-state index in [2.05, 4.69) is 4.74 Å². The maximum Gasteiger partial charge on any atom is 0.343 e. The SMILES string of the molecule is CCOC(=O)/C(C(C)=N)=C(/O)CCl. The molecule has 0 saturated heterocycles. The van der Waals surface area contributed by atoms with Crippen LogP contribution in [0.5, 0.6) is 0 Å². The average molecular weight is 206 g/mol. The fourth-order valence-electron chi connectivity index (χ4n) is 0.757. The van der Waals surface area contributed by atoms with Crippen LogP contribution in [-0.4, -0.2) is 29.3 Å². The summed E-state index contributed by atoms with van der Waals surface area (Å²) in [5.41, 5.74) is -0.214. The van der Waals surface area contributed by atoms with E-state index in [4.69, 9.17) is 17.0 Å². The molecule has 0 rings (SSSR count). The van der Waals surface area contributed by atoms with E-state index in [-0.39, 0.29) is 29.5 Å². The molecule has 4 nitrogen and oxygen atoms in total. The van der Waals surface area contributed by atoms with E-state index in [0.29, 0.717) is 0 Å². The van der Waals surface area contributed by atoms with E-state index in [0.717, 1.165) is 0 Å². The van der Waals surface area contributed by atoms with Crippen molar-refractivity contribution < 1.29 is 14.6 Å². The van der Waals surface area contributed by atoms with Gasteiger partial charge in [-0.05, 0) is 13.8 Å². The molecule has 0 spiro atoms. The molecule has 0 bridgehead atoms. The van der Waals surface area contributed by atoms with Gasteiger partial charge in [-0.1, -0.05) is 0 Å². The summed E-state index contributed by atoms with van der Waals surface area (Å²) in [6.07, 6.45) is 0. The summed E-state index contributed by atoms with van der Waals surface area (Å²) < 4.78 is 4.63. The maximum absolute atomic E-state index is 11.1. The van der Waals surface area contributed by atoms with Crippen LogP contribution in [0.3, 0.4) is 0 Å². The number of ether oxygens (including phenoxy) is 1. The Morgan fingerprint density at radius 2 is 2.15 bits per heavy atom. The van der Waals surface area contributed by atoms with E-state index in [1.807, 2.05) is 0 Å². The molecule has 0 unspecified atom stereocenters. The zero-order valence-electron chi connectivity index (χ0n) is 7.56. The van der Waals surface area contributed by atoms with Gasteiger partial charge in [0.05, 0.1) is 12.5 Å². The summed E-state index contributed by atoms with van der Waals surface area (Å²) in [6, 6.07) is 0. The van der Waals surface area contributed by atoms with Crippen molar-refractivity contribution in [3.63, 3.8) is 0 Å². The fourth-order valence-corrected chi connectivity index (χ4v) is 0.891. The van der Waals surface area contributed by atoms with Crippen molar-refractivity contribution >= 4 is 23.3 Å². The van der Waals surface area contributed by atoms with Crippen LogP contribution in [-0.2, 0) is 9.53 Å². The summed E-state index contributed by atoms with van der Waals surface area (Å²) in [4.78, 5) is 11.1. The highest BCUT2D eigenvalue weighted by molar-refractivity contribution is 6.22. The lowest BCUT2D eigenvalue weighted by molar-refractivity contribution is -0.138. The van der Waals surface area contributed by atoms with Gasteiger partial charge < -0.3 is 15.3 Å². The van der Waals surface area contributed by atoms with Gasteiger partial charge in [0.1, 0.15) is 11.3 Å². The quantitative estimate of drug-likeness (QED) is 0.241. The van der Waals surface area contributed by atoms with Crippen molar-refractivity contribution in [2.24, 2.45) is 0 Å². The van der Waals surface area contributed by atoms with Crippen molar-refractivity contribution in [2.75, 3.05) is 12.5 Å². The molecule has 74 valence electrons. The van der Waals surface area contributed by atoms with Crippen LogP contribution in [0.2, 0.25) is 0 Å². The monoisotopic (exact) mass is 205 g/mol. The Morgan fingerprint density at radius 3 is 2.46 bits per heavy atom. The third kappa shape index (κ3) is 3.46. The number of halogens is 1. The zero-order chi connectivity index (χ0) is 10.4. The van der Waals surface area contributed by atoms with Crippen LogP contribution in [0.15, 0.2) is 11.3 Å². The van der Waals surface area contributed by atoms with Crippen LogP contribution in [0.1, 0.15) is 13.8 Å². The van der Waals surface area contributed by atoms with Crippen molar-refractivity contribution in [1.29, 1.82) is 5.41 Å². The van der Waals surface area contributed by atoms with Gasteiger partial charge in [0.2, 0.25) is 0 Å². The lowest BCUT2D eigenvalue weighted by Gasteiger charge is -2.06. The van der Waals surface area contributed by atoms with E-state index in [9.17, 15) is 9.90 Å². The normalized spacial score (nSPS) is 11.9. The van der Waals surface area contributed by atoms with Gasteiger partial charge in [-0.15, -0.1) is 11.6 Å². The molecule has 0 aliphatic rings. The number of hydrogen-bond acceptors (Lipinski definition) is 4. The number of esters is 1. The van der Waals surface area contributed by atoms with Crippen LogP contribution < -0.4 is 0 Å². The smallest absolute Gasteiger partial charge is 0.343 e. The number of allylic oxidation sites excluding steroid dienone is 1. The van der Waals surface area contributed by atoms with E-state index in [1.165, 1.54) is 6.92 Å². The first-order valence-electron chi connectivity index (χ1n) is 3.75. The first-order valence-corrected chi connectivity index (χ1v) is 4.28. The molecule has 2 N–H and O–H groups in total. The minimum absolute atomic E-state index is 0.0587. The number of rotatable bonds is 4. The predicted octanol–water partition coefficient (Wildman–Crippen LogP) is 1.64. The lowest BCUT2D eigenvalue weighted by Crippen LogP contribution is -2.16. The van der Waals surface area contributed by atoms with Crippen molar-refractivity contribution in [1.82, 2.24) is 0 Å². The minimum atomic E-state index is -0.715. The first kappa shape index (κ1) is 12.0. The Bertz CT molecular complexity index is 248. The molecule has 0 aromatic carbocycles. The Labute approximate surface area is 81.7 Å². The Morgan fingerprint density at radius 1 is 1.62 bits per heavy atom. The molecule has 0 saturated carbocycles. The van der Waals surface area contributed by atoms with Gasteiger partial charge >= 0.3 is 5.97 Å². The summed E-state index contributed by atoms with van der Waals surface area (Å²) in [7, 11) is 0. The Balaban J connectivity index is 4.82. The highest BCUT2D eigenvalue weighted by atomic mass is 35.5. The second kappa shape index (κ2) is 5.59. The molecule has 13 heavy (non-hydrogen) atoms. The highest BCUT2D eigenvalue weighted by Gasteiger charge is 2.17. The van der Waals surface area contributed by atoms with Crippen LogP contribution >= 0.6 is 11.6 Å².